The third kappa shape index (κ3) is 3.43. The maximum Gasteiger partial charge on any atom is 0.254 e. The Kier molecular flexibility index (Phi) is 4.50. The molecule has 1 atom stereocenters. The number of H-pyrrole nitrogens is 1. The van der Waals surface area contributed by atoms with Crippen LogP contribution in [0.15, 0.2) is 24.3 Å². The summed E-state index contributed by atoms with van der Waals surface area (Å²) >= 11 is 0. The van der Waals surface area contributed by atoms with Gasteiger partial charge in [-0.3, -0.25) is 9.89 Å². The number of aromatic amines is 1. The minimum absolute atomic E-state index is 0.0260. The van der Waals surface area contributed by atoms with Gasteiger partial charge in [0.25, 0.3) is 5.91 Å². The molecule has 7 nitrogen and oxygen atoms in total. The van der Waals surface area contributed by atoms with Gasteiger partial charge in [-0.25, -0.2) is 4.98 Å². The van der Waals surface area contributed by atoms with E-state index in [-0.39, 0.29) is 18.6 Å². The van der Waals surface area contributed by atoms with Crippen LogP contribution in [0.2, 0.25) is 0 Å². The number of nitrogens with zero attached hydrogens (tertiary/aromatic N) is 3. The van der Waals surface area contributed by atoms with Gasteiger partial charge in [0, 0.05) is 30.2 Å². The summed E-state index contributed by atoms with van der Waals surface area (Å²) in [6, 6.07) is 7.33. The number of aliphatic hydroxyl groups excluding tert-OH is 1. The lowest BCUT2D eigenvalue weighted by atomic mass is 10.1. The second-order valence-corrected chi connectivity index (χ2v) is 6.64. The molecule has 7 heteroatoms. The zero-order valence-electron chi connectivity index (χ0n) is 14.0. The van der Waals surface area contributed by atoms with E-state index in [4.69, 9.17) is 4.74 Å². The summed E-state index contributed by atoms with van der Waals surface area (Å²) in [6.45, 7) is 1.61. The van der Waals surface area contributed by atoms with Crippen molar-refractivity contribution in [2.24, 2.45) is 0 Å². The summed E-state index contributed by atoms with van der Waals surface area (Å²) in [4.78, 5) is 19.1. The van der Waals surface area contributed by atoms with Crippen molar-refractivity contribution in [1.82, 2.24) is 20.1 Å². The van der Waals surface area contributed by atoms with Crippen LogP contribution in [0.5, 0.6) is 0 Å². The molecule has 2 fully saturated rings. The Morgan fingerprint density at radius 2 is 2.12 bits per heavy atom. The van der Waals surface area contributed by atoms with Crippen molar-refractivity contribution in [1.29, 1.82) is 0 Å². The standard InChI is InChI=1S/C18H22N4O3/c23-9-7-15-11-25-10-8-22(15)18(24)14-5-3-13(4-6-14)17-19-16(20-21-17)12-1-2-12/h3-6,12,15,23H,1-2,7-11H2,(H,19,20,21)/t15-/m0/s1. The van der Waals surface area contributed by atoms with Gasteiger partial charge in [0.15, 0.2) is 5.82 Å². The largest absolute Gasteiger partial charge is 0.396 e. The SMILES string of the molecule is O=C(c1ccc(-c2n[nH]c(C3CC3)n2)cc1)N1CCOC[C@@H]1CCO. The second kappa shape index (κ2) is 6.93. The van der Waals surface area contributed by atoms with Crippen LogP contribution >= 0.6 is 0 Å². The van der Waals surface area contributed by atoms with E-state index >= 15 is 0 Å². The fraction of sp³-hybridized carbons (Fsp3) is 0.500. The number of amides is 1. The highest BCUT2D eigenvalue weighted by atomic mass is 16.5. The fourth-order valence-corrected chi connectivity index (χ4v) is 3.18. The van der Waals surface area contributed by atoms with Crippen LogP contribution in [0.1, 0.15) is 41.4 Å². The molecule has 2 aromatic rings. The molecule has 1 aliphatic carbocycles. The number of aliphatic hydroxyl groups is 1. The van der Waals surface area contributed by atoms with Gasteiger partial charge in [0.1, 0.15) is 5.82 Å². The first kappa shape index (κ1) is 16.2. The van der Waals surface area contributed by atoms with Crippen molar-refractivity contribution < 1.29 is 14.6 Å². The zero-order chi connectivity index (χ0) is 17.2. The molecule has 25 heavy (non-hydrogen) atoms. The van der Waals surface area contributed by atoms with Crippen LogP contribution in [0.25, 0.3) is 11.4 Å². The van der Waals surface area contributed by atoms with E-state index in [2.05, 4.69) is 15.2 Å². The average molecular weight is 342 g/mol. The number of ether oxygens (including phenoxy) is 1. The molecular weight excluding hydrogens is 320 g/mol. The lowest BCUT2D eigenvalue weighted by Crippen LogP contribution is -2.49. The summed E-state index contributed by atoms with van der Waals surface area (Å²) in [5, 5.41) is 16.5. The molecule has 0 bridgehead atoms. The number of morpholine rings is 1. The van der Waals surface area contributed by atoms with Crippen LogP contribution in [-0.2, 0) is 4.74 Å². The molecule has 0 spiro atoms. The van der Waals surface area contributed by atoms with Gasteiger partial charge in [-0.1, -0.05) is 12.1 Å². The van der Waals surface area contributed by atoms with E-state index in [1.165, 1.54) is 12.8 Å². The van der Waals surface area contributed by atoms with E-state index in [1.54, 1.807) is 4.90 Å². The topological polar surface area (TPSA) is 91.3 Å². The number of hydrogen-bond acceptors (Lipinski definition) is 5. The first-order chi connectivity index (χ1) is 12.3. The maximum absolute atomic E-state index is 12.8. The third-order valence-electron chi connectivity index (χ3n) is 4.81. The first-order valence-electron chi connectivity index (χ1n) is 8.78. The Morgan fingerprint density at radius 1 is 1.32 bits per heavy atom. The minimum Gasteiger partial charge on any atom is -0.396 e. The number of nitrogens with one attached hydrogen (secondary N) is 1. The molecular formula is C18H22N4O3. The van der Waals surface area contributed by atoms with Gasteiger partial charge in [0.2, 0.25) is 0 Å². The molecule has 2 N–H and O–H groups in total. The van der Waals surface area contributed by atoms with Crippen molar-refractivity contribution in [3.05, 3.63) is 35.7 Å². The molecule has 0 radical (unpaired) electrons. The highest BCUT2D eigenvalue weighted by Gasteiger charge is 2.28. The van der Waals surface area contributed by atoms with E-state index < -0.39 is 0 Å². The molecule has 1 saturated carbocycles. The Bertz CT molecular complexity index is 737. The van der Waals surface area contributed by atoms with Crippen molar-refractivity contribution in [3.63, 3.8) is 0 Å². The summed E-state index contributed by atoms with van der Waals surface area (Å²) in [7, 11) is 0. The van der Waals surface area contributed by atoms with Gasteiger partial charge >= 0.3 is 0 Å². The number of rotatable bonds is 5. The fourth-order valence-electron chi connectivity index (χ4n) is 3.18. The van der Waals surface area contributed by atoms with Gasteiger partial charge in [-0.15, -0.1) is 0 Å². The third-order valence-corrected chi connectivity index (χ3v) is 4.81. The van der Waals surface area contributed by atoms with Crippen LogP contribution in [0.4, 0.5) is 0 Å². The van der Waals surface area contributed by atoms with Gasteiger partial charge in [-0.2, -0.15) is 5.10 Å². The number of benzene rings is 1. The molecule has 1 saturated heterocycles. The summed E-state index contributed by atoms with van der Waals surface area (Å²) in [5.41, 5.74) is 1.53. The molecule has 1 aliphatic heterocycles. The Hall–Kier alpha value is -2.25. The highest BCUT2D eigenvalue weighted by Crippen LogP contribution is 2.38. The van der Waals surface area contributed by atoms with E-state index in [0.717, 1.165) is 11.4 Å². The molecule has 132 valence electrons. The summed E-state index contributed by atoms with van der Waals surface area (Å²) in [6.07, 6.45) is 2.89. The van der Waals surface area contributed by atoms with E-state index in [9.17, 15) is 9.90 Å². The lowest BCUT2D eigenvalue weighted by molar-refractivity contribution is -0.00829. The minimum atomic E-state index is -0.0694. The Labute approximate surface area is 146 Å². The predicted octanol–water partition coefficient (Wildman–Crippen LogP) is 1.57. The number of aromatic nitrogens is 3. The van der Waals surface area contributed by atoms with Crippen molar-refractivity contribution in [2.45, 2.75) is 31.2 Å². The van der Waals surface area contributed by atoms with Gasteiger partial charge < -0.3 is 14.7 Å². The number of carbonyl (C=O) groups is 1. The highest BCUT2D eigenvalue weighted by molar-refractivity contribution is 5.95. The quantitative estimate of drug-likeness (QED) is 0.861. The second-order valence-electron chi connectivity index (χ2n) is 6.64. The van der Waals surface area contributed by atoms with Crippen molar-refractivity contribution in [3.8, 4) is 11.4 Å². The smallest absolute Gasteiger partial charge is 0.254 e. The predicted molar refractivity (Wildman–Crippen MR) is 91.1 cm³/mol. The molecule has 2 aliphatic rings. The van der Waals surface area contributed by atoms with Crippen LogP contribution < -0.4 is 0 Å². The molecule has 1 aromatic carbocycles. The van der Waals surface area contributed by atoms with Gasteiger partial charge in [-0.05, 0) is 31.4 Å². The monoisotopic (exact) mass is 342 g/mol. The van der Waals surface area contributed by atoms with Gasteiger partial charge in [0.05, 0.1) is 19.3 Å². The maximum atomic E-state index is 12.8. The van der Waals surface area contributed by atoms with Crippen LogP contribution in [0, 0.1) is 0 Å². The Morgan fingerprint density at radius 3 is 2.84 bits per heavy atom. The molecule has 1 aromatic heterocycles. The normalized spacial score (nSPS) is 20.7. The van der Waals surface area contributed by atoms with E-state index in [0.29, 0.717) is 43.5 Å². The van der Waals surface area contributed by atoms with Crippen molar-refractivity contribution in [2.75, 3.05) is 26.4 Å². The number of carbonyl (C=O) groups excluding carboxylic acids is 1. The van der Waals surface area contributed by atoms with Crippen molar-refractivity contribution >= 4 is 5.91 Å². The van der Waals surface area contributed by atoms with Crippen LogP contribution in [0.3, 0.4) is 0 Å². The molecule has 4 rings (SSSR count). The van der Waals surface area contributed by atoms with E-state index in [1.807, 2.05) is 24.3 Å². The first-order valence-corrected chi connectivity index (χ1v) is 8.78. The molecule has 0 unspecified atom stereocenters. The lowest BCUT2D eigenvalue weighted by Gasteiger charge is -2.35. The molecule has 1 amide bonds. The number of hydrogen-bond donors (Lipinski definition) is 2. The average Bonchev–Trinajstić information content (AvgIpc) is 3.39. The van der Waals surface area contributed by atoms with Crippen LogP contribution in [-0.4, -0.2) is 63.5 Å². The summed E-state index contributed by atoms with van der Waals surface area (Å²) < 4.78 is 5.43. The Balaban J connectivity index is 1.49. The summed E-state index contributed by atoms with van der Waals surface area (Å²) in [5.74, 6) is 2.13. The molecule has 2 heterocycles. The zero-order valence-corrected chi connectivity index (χ0v) is 14.0.